The predicted octanol–water partition coefficient (Wildman–Crippen LogP) is 2.97. The topological polar surface area (TPSA) is 77.0 Å². The number of guanidine groups is 1. The van der Waals surface area contributed by atoms with Gasteiger partial charge in [-0.1, -0.05) is 18.2 Å². The first-order chi connectivity index (χ1) is 13.2. The fraction of sp³-hybridized carbons (Fsp3) is 0.400. The molecule has 1 heterocycles. The lowest BCUT2D eigenvalue weighted by Gasteiger charge is -2.17. The molecule has 7 heteroatoms. The first kappa shape index (κ1) is 20.5. The van der Waals surface area contributed by atoms with Crippen molar-refractivity contribution in [3.05, 3.63) is 48.2 Å². The van der Waals surface area contributed by atoms with E-state index in [0.717, 1.165) is 5.56 Å². The van der Waals surface area contributed by atoms with E-state index < -0.39 is 0 Å². The number of rotatable bonds is 9. The predicted molar refractivity (Wildman–Crippen MR) is 107 cm³/mol. The number of aromatic nitrogens is 1. The van der Waals surface area contributed by atoms with Crippen LogP contribution in [0.3, 0.4) is 0 Å². The van der Waals surface area contributed by atoms with Gasteiger partial charge in [0.25, 0.3) is 0 Å². The summed E-state index contributed by atoms with van der Waals surface area (Å²) in [4.78, 5) is 8.58. The molecular formula is C20H28N4O3. The minimum Gasteiger partial charge on any atom is -0.490 e. The molecule has 1 unspecified atom stereocenters. The van der Waals surface area contributed by atoms with E-state index in [0.29, 0.717) is 43.1 Å². The van der Waals surface area contributed by atoms with Gasteiger partial charge in [0.2, 0.25) is 5.88 Å². The van der Waals surface area contributed by atoms with Crippen molar-refractivity contribution < 1.29 is 14.2 Å². The van der Waals surface area contributed by atoms with Crippen LogP contribution in [0.15, 0.2) is 47.6 Å². The van der Waals surface area contributed by atoms with E-state index in [-0.39, 0.29) is 6.04 Å². The van der Waals surface area contributed by atoms with E-state index in [9.17, 15) is 0 Å². The number of benzene rings is 1. The average Bonchev–Trinajstić information content (AvgIpc) is 2.68. The third-order valence-electron chi connectivity index (χ3n) is 3.64. The molecule has 0 amide bonds. The van der Waals surface area contributed by atoms with Gasteiger partial charge in [-0.2, -0.15) is 0 Å². The first-order valence-electron chi connectivity index (χ1n) is 8.97. The standard InChI is InChI=1S/C20H28N4O3/c1-5-26-17-8-6-7-9-18(17)27-19-11-10-16(12-22-19)13-23-20(21-3)24-15(2)14-25-4/h6-12,15H,5,13-14H2,1-4H3,(H2,21,23,24). The quantitative estimate of drug-likeness (QED) is 0.521. The van der Waals surface area contributed by atoms with E-state index >= 15 is 0 Å². The fourth-order valence-electron chi connectivity index (χ4n) is 2.40. The smallest absolute Gasteiger partial charge is 0.219 e. The molecule has 0 saturated heterocycles. The van der Waals surface area contributed by atoms with Gasteiger partial charge in [0.15, 0.2) is 17.5 Å². The Hall–Kier alpha value is -2.80. The molecule has 0 aliphatic carbocycles. The maximum atomic E-state index is 5.84. The maximum Gasteiger partial charge on any atom is 0.219 e. The van der Waals surface area contributed by atoms with Crippen LogP contribution in [0.1, 0.15) is 19.4 Å². The van der Waals surface area contributed by atoms with Gasteiger partial charge in [-0.3, -0.25) is 4.99 Å². The molecule has 0 spiro atoms. The number of hydrogen-bond acceptors (Lipinski definition) is 5. The number of ether oxygens (including phenoxy) is 3. The number of nitrogens with zero attached hydrogens (tertiary/aromatic N) is 2. The van der Waals surface area contributed by atoms with E-state index in [1.165, 1.54) is 0 Å². The van der Waals surface area contributed by atoms with Crippen molar-refractivity contribution in [2.75, 3.05) is 27.4 Å². The molecule has 27 heavy (non-hydrogen) atoms. The normalized spacial score (nSPS) is 12.4. The molecule has 0 fully saturated rings. The highest BCUT2D eigenvalue weighted by molar-refractivity contribution is 5.79. The monoisotopic (exact) mass is 372 g/mol. The second kappa shape index (κ2) is 11.0. The summed E-state index contributed by atoms with van der Waals surface area (Å²) in [6.07, 6.45) is 1.78. The van der Waals surface area contributed by atoms with Crippen molar-refractivity contribution in [1.29, 1.82) is 0 Å². The Balaban J connectivity index is 1.91. The molecule has 0 aliphatic heterocycles. The zero-order chi connectivity index (χ0) is 19.5. The van der Waals surface area contributed by atoms with Gasteiger partial charge in [-0.25, -0.2) is 4.98 Å². The molecule has 2 N–H and O–H groups in total. The van der Waals surface area contributed by atoms with Crippen molar-refractivity contribution in [1.82, 2.24) is 15.6 Å². The number of hydrogen-bond donors (Lipinski definition) is 2. The zero-order valence-corrected chi connectivity index (χ0v) is 16.4. The molecule has 2 aromatic rings. The number of methoxy groups -OCH3 is 1. The molecule has 1 atom stereocenters. The average molecular weight is 372 g/mol. The van der Waals surface area contributed by atoms with Gasteiger partial charge in [-0.05, 0) is 31.5 Å². The number of nitrogens with one attached hydrogen (secondary N) is 2. The largest absolute Gasteiger partial charge is 0.490 e. The summed E-state index contributed by atoms with van der Waals surface area (Å²) in [6, 6.07) is 11.5. The summed E-state index contributed by atoms with van der Waals surface area (Å²) in [7, 11) is 3.41. The maximum absolute atomic E-state index is 5.84. The van der Waals surface area contributed by atoms with Crippen molar-refractivity contribution in [2.24, 2.45) is 4.99 Å². The van der Waals surface area contributed by atoms with Gasteiger partial charge in [0, 0.05) is 39.0 Å². The zero-order valence-electron chi connectivity index (χ0n) is 16.4. The summed E-state index contributed by atoms with van der Waals surface area (Å²) in [6.45, 7) is 5.76. The molecule has 1 aromatic heterocycles. The molecule has 0 aliphatic rings. The lowest BCUT2D eigenvalue weighted by atomic mass is 10.3. The molecule has 1 aromatic carbocycles. The van der Waals surface area contributed by atoms with Crippen LogP contribution in [0, 0.1) is 0 Å². The second-order valence-electron chi connectivity index (χ2n) is 5.91. The Morgan fingerprint density at radius 3 is 2.59 bits per heavy atom. The minimum absolute atomic E-state index is 0.167. The summed E-state index contributed by atoms with van der Waals surface area (Å²) >= 11 is 0. The lowest BCUT2D eigenvalue weighted by Crippen LogP contribution is -2.43. The number of aliphatic imine (C=N–C) groups is 1. The Morgan fingerprint density at radius 2 is 1.96 bits per heavy atom. The van der Waals surface area contributed by atoms with E-state index in [4.69, 9.17) is 14.2 Å². The van der Waals surface area contributed by atoms with Crippen molar-refractivity contribution in [2.45, 2.75) is 26.4 Å². The van der Waals surface area contributed by atoms with Crippen molar-refractivity contribution in [3.63, 3.8) is 0 Å². The van der Waals surface area contributed by atoms with Crippen LogP contribution in [0.25, 0.3) is 0 Å². The number of pyridine rings is 1. The molecule has 0 radical (unpaired) electrons. The van der Waals surface area contributed by atoms with Crippen LogP contribution in [0.4, 0.5) is 0 Å². The van der Waals surface area contributed by atoms with Crippen molar-refractivity contribution in [3.8, 4) is 17.4 Å². The van der Waals surface area contributed by atoms with Gasteiger partial charge >= 0.3 is 0 Å². The molecule has 146 valence electrons. The third-order valence-corrected chi connectivity index (χ3v) is 3.64. The number of para-hydroxylation sites is 2. The van der Waals surface area contributed by atoms with Gasteiger partial charge in [0.1, 0.15) is 0 Å². The van der Waals surface area contributed by atoms with Crippen LogP contribution >= 0.6 is 0 Å². The molecule has 2 rings (SSSR count). The van der Waals surface area contributed by atoms with Gasteiger partial charge in [-0.15, -0.1) is 0 Å². The Kier molecular flexibility index (Phi) is 8.38. The van der Waals surface area contributed by atoms with Crippen LogP contribution in [-0.4, -0.2) is 44.4 Å². The van der Waals surface area contributed by atoms with Crippen LogP contribution < -0.4 is 20.1 Å². The third kappa shape index (κ3) is 6.79. The van der Waals surface area contributed by atoms with Crippen molar-refractivity contribution >= 4 is 5.96 Å². The highest BCUT2D eigenvalue weighted by Gasteiger charge is 2.07. The Morgan fingerprint density at radius 1 is 1.19 bits per heavy atom. The highest BCUT2D eigenvalue weighted by atomic mass is 16.5. The second-order valence-corrected chi connectivity index (χ2v) is 5.91. The van der Waals surface area contributed by atoms with Gasteiger partial charge < -0.3 is 24.8 Å². The Labute approximate surface area is 160 Å². The highest BCUT2D eigenvalue weighted by Crippen LogP contribution is 2.30. The van der Waals surface area contributed by atoms with Crippen LogP contribution in [0.5, 0.6) is 17.4 Å². The minimum atomic E-state index is 0.167. The summed E-state index contributed by atoms with van der Waals surface area (Å²) in [5.74, 6) is 2.58. The molecular weight excluding hydrogens is 344 g/mol. The summed E-state index contributed by atoms with van der Waals surface area (Å²) in [5, 5.41) is 6.51. The molecule has 0 saturated carbocycles. The van der Waals surface area contributed by atoms with Gasteiger partial charge in [0.05, 0.1) is 13.2 Å². The lowest BCUT2D eigenvalue weighted by molar-refractivity contribution is 0.179. The summed E-state index contributed by atoms with van der Waals surface area (Å²) in [5.41, 5.74) is 1.02. The summed E-state index contributed by atoms with van der Waals surface area (Å²) < 4.78 is 16.5. The fourth-order valence-corrected chi connectivity index (χ4v) is 2.40. The van der Waals surface area contributed by atoms with E-state index in [2.05, 4.69) is 20.6 Å². The molecule has 7 nitrogen and oxygen atoms in total. The van der Waals surface area contributed by atoms with Crippen LogP contribution in [0.2, 0.25) is 0 Å². The van der Waals surface area contributed by atoms with E-state index in [1.807, 2.05) is 50.2 Å². The molecule has 0 bridgehead atoms. The van der Waals surface area contributed by atoms with E-state index in [1.54, 1.807) is 20.4 Å². The SMILES string of the molecule is CCOc1ccccc1Oc1ccc(CNC(=NC)NC(C)COC)cn1. The van der Waals surface area contributed by atoms with Crippen LogP contribution in [-0.2, 0) is 11.3 Å². The first-order valence-corrected chi connectivity index (χ1v) is 8.97. The Bertz CT molecular complexity index is 719.